The van der Waals surface area contributed by atoms with Crippen molar-refractivity contribution in [2.24, 2.45) is 5.92 Å². The maximum atomic E-state index is 12.6. The predicted octanol–water partition coefficient (Wildman–Crippen LogP) is 2.96. The average Bonchev–Trinajstić information content (AvgIpc) is 2.93. The second kappa shape index (κ2) is 9.75. The summed E-state index contributed by atoms with van der Waals surface area (Å²) >= 11 is 0. The molecule has 0 spiro atoms. The zero-order valence-electron chi connectivity index (χ0n) is 17.4. The highest BCUT2D eigenvalue weighted by Gasteiger charge is 2.24. The first-order valence-electron chi connectivity index (χ1n) is 10.2. The van der Waals surface area contributed by atoms with E-state index in [1.165, 1.54) is 19.3 Å². The van der Waals surface area contributed by atoms with E-state index in [0.29, 0.717) is 18.0 Å². The van der Waals surface area contributed by atoms with Gasteiger partial charge in [-0.3, -0.25) is 9.59 Å². The molecule has 1 aliphatic rings. The van der Waals surface area contributed by atoms with Crippen LogP contribution in [0.25, 0.3) is 0 Å². The van der Waals surface area contributed by atoms with Crippen molar-refractivity contribution in [2.75, 3.05) is 6.54 Å². The Bertz CT molecular complexity index is 717. The van der Waals surface area contributed by atoms with Crippen LogP contribution in [-0.2, 0) is 9.59 Å². The highest BCUT2D eigenvalue weighted by Crippen LogP contribution is 2.32. The highest BCUT2D eigenvalue weighted by molar-refractivity contribution is 5.98. The number of nitrogens with one attached hydrogen (secondary N) is 2. The number of aryl methyl sites for hydroxylation is 1. The van der Waals surface area contributed by atoms with Crippen molar-refractivity contribution in [1.82, 2.24) is 15.2 Å². The van der Waals surface area contributed by atoms with E-state index in [-0.39, 0.29) is 18.4 Å². The Labute approximate surface area is 166 Å². The number of carboxylic acids is 1. The minimum atomic E-state index is -1.07. The Morgan fingerprint density at radius 1 is 1.18 bits per heavy atom. The second-order valence-corrected chi connectivity index (χ2v) is 8.22. The van der Waals surface area contributed by atoms with Crippen LogP contribution < -0.4 is 10.6 Å². The fraction of sp³-hybridized carbons (Fsp3) is 0.667. The quantitative estimate of drug-likeness (QED) is 0.634. The van der Waals surface area contributed by atoms with Crippen LogP contribution in [0, 0.1) is 19.8 Å². The van der Waals surface area contributed by atoms with Gasteiger partial charge in [0.05, 0.1) is 12.1 Å². The van der Waals surface area contributed by atoms with Crippen LogP contribution in [-0.4, -0.2) is 40.0 Å². The maximum Gasteiger partial charge on any atom is 0.326 e. The lowest BCUT2D eigenvalue weighted by molar-refractivity contribution is -0.142. The molecule has 1 aliphatic carbocycles. The van der Waals surface area contributed by atoms with Gasteiger partial charge in [0.25, 0.3) is 5.91 Å². The van der Waals surface area contributed by atoms with Gasteiger partial charge in [0.15, 0.2) is 0 Å². The molecule has 1 heterocycles. The number of hydrogen-bond acceptors (Lipinski definition) is 3. The Morgan fingerprint density at radius 2 is 1.82 bits per heavy atom. The number of aliphatic carboxylic acids is 1. The highest BCUT2D eigenvalue weighted by atomic mass is 16.4. The van der Waals surface area contributed by atoms with Gasteiger partial charge >= 0.3 is 5.97 Å². The molecule has 0 aromatic carbocycles. The summed E-state index contributed by atoms with van der Waals surface area (Å²) in [5.74, 6) is -1.73. The first-order chi connectivity index (χ1) is 13.2. The number of carbonyl (C=O) groups is 3. The van der Waals surface area contributed by atoms with Crippen LogP contribution in [0.5, 0.6) is 0 Å². The van der Waals surface area contributed by atoms with Crippen LogP contribution in [0.3, 0.4) is 0 Å². The second-order valence-electron chi connectivity index (χ2n) is 8.22. The van der Waals surface area contributed by atoms with E-state index in [9.17, 15) is 19.5 Å². The zero-order chi connectivity index (χ0) is 20.8. The van der Waals surface area contributed by atoms with Crippen molar-refractivity contribution in [3.8, 4) is 0 Å². The lowest BCUT2D eigenvalue weighted by atomic mass is 9.95. The third kappa shape index (κ3) is 5.59. The van der Waals surface area contributed by atoms with Crippen molar-refractivity contribution in [3.05, 3.63) is 23.0 Å². The van der Waals surface area contributed by atoms with Crippen molar-refractivity contribution < 1.29 is 19.5 Å². The molecule has 0 radical (unpaired) electrons. The van der Waals surface area contributed by atoms with Crippen molar-refractivity contribution in [1.29, 1.82) is 0 Å². The normalized spacial score (nSPS) is 16.0. The van der Waals surface area contributed by atoms with Crippen molar-refractivity contribution >= 4 is 17.8 Å². The molecule has 3 N–H and O–H groups in total. The summed E-state index contributed by atoms with van der Waals surface area (Å²) in [7, 11) is 0. The van der Waals surface area contributed by atoms with Crippen LogP contribution in [0.4, 0.5) is 0 Å². The monoisotopic (exact) mass is 391 g/mol. The standard InChI is InChI=1S/C21H33N3O4/c1-13(2)10-18(21(27)28)23-19(25)12-22-20(26)17-11-14(3)24(15(17)4)16-8-6-5-7-9-16/h11,13,16,18H,5-10,12H2,1-4H3,(H,22,26)(H,23,25)(H,27,28)/t18-/m0/s1. The number of aromatic nitrogens is 1. The van der Waals surface area contributed by atoms with E-state index < -0.39 is 17.9 Å². The molecule has 7 nitrogen and oxygen atoms in total. The minimum Gasteiger partial charge on any atom is -0.480 e. The van der Waals surface area contributed by atoms with E-state index in [4.69, 9.17) is 0 Å². The van der Waals surface area contributed by atoms with Crippen LogP contribution in [0.1, 0.15) is 80.2 Å². The summed E-state index contributed by atoms with van der Waals surface area (Å²) in [6.07, 6.45) is 6.30. The van der Waals surface area contributed by atoms with Gasteiger partial charge in [0, 0.05) is 17.4 Å². The van der Waals surface area contributed by atoms with Crippen LogP contribution in [0.2, 0.25) is 0 Å². The third-order valence-electron chi connectivity index (χ3n) is 5.42. The number of amides is 2. The molecule has 1 saturated carbocycles. The first kappa shape index (κ1) is 22.0. The van der Waals surface area contributed by atoms with E-state index in [2.05, 4.69) is 15.2 Å². The van der Waals surface area contributed by atoms with Gasteiger partial charge in [-0.05, 0) is 45.1 Å². The Balaban J connectivity index is 1.97. The molecule has 0 saturated heterocycles. The number of rotatable bonds is 8. The fourth-order valence-corrected chi connectivity index (χ4v) is 4.10. The predicted molar refractivity (Wildman–Crippen MR) is 107 cm³/mol. The molecule has 1 aromatic heterocycles. The lowest BCUT2D eigenvalue weighted by Gasteiger charge is -2.26. The molecule has 0 bridgehead atoms. The van der Waals surface area contributed by atoms with Gasteiger partial charge in [0.1, 0.15) is 6.04 Å². The molecular formula is C21H33N3O4. The number of hydrogen-bond donors (Lipinski definition) is 3. The average molecular weight is 392 g/mol. The Hall–Kier alpha value is -2.31. The van der Waals surface area contributed by atoms with Gasteiger partial charge in [-0.15, -0.1) is 0 Å². The smallest absolute Gasteiger partial charge is 0.326 e. The molecule has 28 heavy (non-hydrogen) atoms. The van der Waals surface area contributed by atoms with E-state index >= 15 is 0 Å². The maximum absolute atomic E-state index is 12.6. The molecule has 7 heteroatoms. The summed E-state index contributed by atoms with van der Waals surface area (Å²) in [4.78, 5) is 35.9. The lowest BCUT2D eigenvalue weighted by Crippen LogP contribution is -2.46. The molecule has 0 aliphatic heterocycles. The topological polar surface area (TPSA) is 100 Å². The van der Waals surface area contributed by atoms with E-state index in [1.54, 1.807) is 0 Å². The molecule has 1 fully saturated rings. The number of nitrogens with zero attached hydrogens (tertiary/aromatic N) is 1. The molecule has 1 aromatic rings. The molecule has 2 amide bonds. The molecule has 156 valence electrons. The van der Waals surface area contributed by atoms with Gasteiger partial charge in [-0.25, -0.2) is 4.79 Å². The Kier molecular flexibility index (Phi) is 7.66. The fourth-order valence-electron chi connectivity index (χ4n) is 4.10. The van der Waals surface area contributed by atoms with Gasteiger partial charge in [-0.2, -0.15) is 0 Å². The molecule has 1 atom stereocenters. The summed E-state index contributed by atoms with van der Waals surface area (Å²) < 4.78 is 2.25. The molecule has 0 unspecified atom stereocenters. The molecule has 2 rings (SSSR count). The summed E-state index contributed by atoms with van der Waals surface area (Å²) in [6.45, 7) is 7.50. The van der Waals surface area contributed by atoms with Gasteiger partial charge in [-0.1, -0.05) is 33.1 Å². The van der Waals surface area contributed by atoms with Gasteiger partial charge in [0.2, 0.25) is 5.91 Å². The minimum absolute atomic E-state index is 0.140. The summed E-state index contributed by atoms with van der Waals surface area (Å²) in [5, 5.41) is 14.3. The molecular weight excluding hydrogens is 358 g/mol. The van der Waals surface area contributed by atoms with E-state index in [0.717, 1.165) is 24.2 Å². The van der Waals surface area contributed by atoms with Crippen molar-refractivity contribution in [3.63, 3.8) is 0 Å². The zero-order valence-corrected chi connectivity index (χ0v) is 17.4. The Morgan fingerprint density at radius 3 is 2.39 bits per heavy atom. The van der Waals surface area contributed by atoms with Gasteiger partial charge < -0.3 is 20.3 Å². The third-order valence-corrected chi connectivity index (χ3v) is 5.42. The van der Waals surface area contributed by atoms with Crippen LogP contribution in [0.15, 0.2) is 6.07 Å². The first-order valence-corrected chi connectivity index (χ1v) is 10.2. The summed E-state index contributed by atoms with van der Waals surface area (Å²) in [5.41, 5.74) is 2.56. The van der Waals surface area contributed by atoms with E-state index in [1.807, 2.05) is 33.8 Å². The summed E-state index contributed by atoms with van der Waals surface area (Å²) in [6, 6.07) is 1.36. The number of carboxylic acid groups (broad SMARTS) is 1. The number of carbonyl (C=O) groups excluding carboxylic acids is 2. The van der Waals surface area contributed by atoms with Crippen LogP contribution >= 0.6 is 0 Å². The SMILES string of the molecule is Cc1cc(C(=O)NCC(=O)N[C@@H](CC(C)C)C(=O)O)c(C)n1C1CCCCC1. The largest absolute Gasteiger partial charge is 0.480 e. The van der Waals surface area contributed by atoms with Crippen molar-refractivity contribution in [2.45, 2.75) is 78.3 Å².